The van der Waals surface area contributed by atoms with Crippen LogP contribution >= 0.6 is 0 Å². The number of esters is 1. The number of methoxy groups -OCH3 is 1. The van der Waals surface area contributed by atoms with Crippen molar-refractivity contribution in [2.45, 2.75) is 12.8 Å². The summed E-state index contributed by atoms with van der Waals surface area (Å²) in [5.41, 5.74) is 0.410. The summed E-state index contributed by atoms with van der Waals surface area (Å²) < 4.78 is 5.19. The molecule has 0 amide bonds. The highest BCUT2D eigenvalue weighted by molar-refractivity contribution is 5.97. The summed E-state index contributed by atoms with van der Waals surface area (Å²) in [6.07, 6.45) is 2.93. The van der Waals surface area contributed by atoms with Crippen LogP contribution in [-0.2, 0) is 4.74 Å². The van der Waals surface area contributed by atoms with Crippen molar-refractivity contribution in [2.24, 2.45) is 5.92 Å². The number of nitrogens with zero attached hydrogens (tertiary/aromatic N) is 1. The average Bonchev–Trinajstić information content (AvgIpc) is 3.10. The van der Waals surface area contributed by atoms with Crippen molar-refractivity contribution < 1.29 is 24.3 Å². The van der Waals surface area contributed by atoms with Crippen molar-refractivity contribution in [3.63, 3.8) is 0 Å². The molecule has 0 bridgehead atoms. The molecule has 1 aromatic heterocycles. The van der Waals surface area contributed by atoms with Gasteiger partial charge in [-0.3, -0.25) is 10.0 Å². The Morgan fingerprint density at radius 1 is 1.44 bits per heavy atom. The minimum atomic E-state index is -0.548. The van der Waals surface area contributed by atoms with Gasteiger partial charge in [-0.15, -0.1) is 0 Å². The van der Waals surface area contributed by atoms with E-state index in [1.54, 1.807) is 0 Å². The van der Waals surface area contributed by atoms with E-state index in [1.807, 2.05) is 0 Å². The quantitative estimate of drug-likeness (QED) is 0.352. The molecular formula is C11H12NO4+. The average molecular weight is 222 g/mol. The van der Waals surface area contributed by atoms with Gasteiger partial charge in [0.15, 0.2) is 0 Å². The summed E-state index contributed by atoms with van der Waals surface area (Å²) in [6, 6.07) is 2.90. The second kappa shape index (κ2) is 3.92. The Morgan fingerprint density at radius 2 is 2.12 bits per heavy atom. The van der Waals surface area contributed by atoms with Crippen LogP contribution in [-0.4, -0.2) is 24.1 Å². The first-order valence-corrected chi connectivity index (χ1v) is 5.01. The summed E-state index contributed by atoms with van der Waals surface area (Å²) in [5, 5.41) is 9.57. The summed E-state index contributed by atoms with van der Waals surface area (Å²) in [6.45, 7) is 0. The van der Waals surface area contributed by atoms with Crippen molar-refractivity contribution in [3.8, 4) is 0 Å². The zero-order valence-corrected chi connectivity index (χ0v) is 8.84. The topological polar surface area (TPSA) is 67.5 Å². The van der Waals surface area contributed by atoms with E-state index in [2.05, 4.69) is 4.74 Å². The highest BCUT2D eigenvalue weighted by Gasteiger charge is 2.36. The Labute approximate surface area is 92.2 Å². The summed E-state index contributed by atoms with van der Waals surface area (Å²) in [5.74, 6) is -0.602. The highest BCUT2D eigenvalue weighted by atomic mass is 16.5. The van der Waals surface area contributed by atoms with E-state index in [4.69, 9.17) is 0 Å². The van der Waals surface area contributed by atoms with Gasteiger partial charge in [-0.1, -0.05) is 0 Å². The molecular weight excluding hydrogens is 210 g/mol. The lowest BCUT2D eigenvalue weighted by Crippen LogP contribution is -2.38. The van der Waals surface area contributed by atoms with Crippen LogP contribution in [0, 0.1) is 5.92 Å². The fourth-order valence-electron chi connectivity index (χ4n) is 1.48. The molecule has 0 saturated heterocycles. The molecule has 0 aliphatic heterocycles. The van der Waals surface area contributed by atoms with Crippen molar-refractivity contribution in [1.82, 2.24) is 0 Å². The van der Waals surface area contributed by atoms with Crippen molar-refractivity contribution >= 4 is 11.8 Å². The van der Waals surface area contributed by atoms with Crippen molar-refractivity contribution in [3.05, 3.63) is 29.6 Å². The summed E-state index contributed by atoms with van der Waals surface area (Å²) in [7, 11) is 1.26. The van der Waals surface area contributed by atoms with Gasteiger partial charge in [0.2, 0.25) is 12.0 Å². The van der Waals surface area contributed by atoms with Crippen LogP contribution in [0.4, 0.5) is 0 Å². The molecule has 0 radical (unpaired) electrons. The van der Waals surface area contributed by atoms with E-state index in [-0.39, 0.29) is 23.0 Å². The molecule has 0 atom stereocenters. The molecule has 0 aromatic carbocycles. The van der Waals surface area contributed by atoms with Crippen LogP contribution in [0.25, 0.3) is 0 Å². The first kappa shape index (κ1) is 10.6. The molecule has 1 aromatic rings. The second-order valence-electron chi connectivity index (χ2n) is 3.78. The third-order valence-corrected chi connectivity index (χ3v) is 2.55. The van der Waals surface area contributed by atoms with Gasteiger partial charge >= 0.3 is 5.97 Å². The Morgan fingerprint density at radius 3 is 2.62 bits per heavy atom. The number of carbonyl (C=O) groups excluding carboxylic acids is 2. The monoisotopic (exact) mass is 222 g/mol. The number of hydrogen-bond donors (Lipinski definition) is 1. The summed E-state index contributed by atoms with van der Waals surface area (Å²) >= 11 is 0. The molecule has 1 aliphatic rings. The minimum Gasteiger partial charge on any atom is -0.465 e. The number of hydrogen-bond acceptors (Lipinski definition) is 4. The molecule has 1 aliphatic carbocycles. The van der Waals surface area contributed by atoms with Gasteiger partial charge in [-0.05, 0) is 18.9 Å². The third kappa shape index (κ3) is 1.88. The number of rotatable bonds is 3. The lowest BCUT2D eigenvalue weighted by atomic mass is 10.1. The maximum atomic E-state index is 11.7. The van der Waals surface area contributed by atoms with Gasteiger partial charge in [0.1, 0.15) is 5.56 Å². The number of ketones is 1. The SMILES string of the molecule is COC(=O)c1ccc(C(=O)C2CC2)[n+](O)c1. The lowest BCUT2D eigenvalue weighted by molar-refractivity contribution is -0.905. The van der Waals surface area contributed by atoms with Crippen molar-refractivity contribution in [1.29, 1.82) is 0 Å². The maximum Gasteiger partial charge on any atom is 0.344 e. The molecule has 1 N–H and O–H groups in total. The molecule has 1 heterocycles. The standard InChI is InChI=1S/C11H12NO4/c1-16-11(14)8-4-5-9(12(15)6-8)10(13)7-2-3-7/h4-7,15H,2-3H2,1H3/q+1. The molecule has 16 heavy (non-hydrogen) atoms. The van der Waals surface area contributed by atoms with E-state index in [0.717, 1.165) is 12.8 Å². The van der Waals surface area contributed by atoms with E-state index in [0.29, 0.717) is 4.73 Å². The first-order chi connectivity index (χ1) is 7.63. The number of Topliss-reactive ketones (excluding diaryl/α,β-unsaturated/α-hetero) is 1. The predicted octanol–water partition coefficient (Wildman–Crippen LogP) is 0.591. The largest absolute Gasteiger partial charge is 0.465 e. The highest BCUT2D eigenvalue weighted by Crippen LogP contribution is 2.31. The fraction of sp³-hybridized carbons (Fsp3) is 0.364. The normalized spacial score (nSPS) is 14.6. The lowest BCUT2D eigenvalue weighted by Gasteiger charge is -1.98. The zero-order valence-electron chi connectivity index (χ0n) is 8.84. The van der Waals surface area contributed by atoms with Crippen LogP contribution in [0.2, 0.25) is 0 Å². The fourth-order valence-corrected chi connectivity index (χ4v) is 1.48. The van der Waals surface area contributed by atoms with E-state index in [9.17, 15) is 14.8 Å². The molecule has 1 fully saturated rings. The number of pyridine rings is 1. The molecule has 0 spiro atoms. The molecule has 84 valence electrons. The molecule has 0 unspecified atom stereocenters. The molecule has 2 rings (SSSR count). The van der Waals surface area contributed by atoms with Gasteiger partial charge in [0.05, 0.1) is 7.11 Å². The van der Waals surface area contributed by atoms with Crippen LogP contribution in [0.1, 0.15) is 33.7 Å². The minimum absolute atomic E-state index is 0.0300. The number of ether oxygens (including phenoxy) is 1. The molecule has 1 saturated carbocycles. The molecule has 5 nitrogen and oxygen atoms in total. The smallest absolute Gasteiger partial charge is 0.344 e. The maximum absolute atomic E-state index is 11.7. The molecule has 5 heteroatoms. The van der Waals surface area contributed by atoms with Gasteiger partial charge in [0.25, 0.3) is 5.69 Å². The Hall–Kier alpha value is -1.91. The van der Waals surface area contributed by atoms with Gasteiger partial charge < -0.3 is 4.74 Å². The second-order valence-corrected chi connectivity index (χ2v) is 3.78. The van der Waals surface area contributed by atoms with E-state index >= 15 is 0 Å². The van der Waals surface area contributed by atoms with E-state index in [1.165, 1.54) is 25.4 Å². The van der Waals surface area contributed by atoms with Gasteiger partial charge in [-0.2, -0.15) is 0 Å². The van der Waals surface area contributed by atoms with Crippen LogP contribution in [0.5, 0.6) is 0 Å². The number of aromatic nitrogens is 1. The van der Waals surface area contributed by atoms with E-state index < -0.39 is 5.97 Å². The Balaban J connectivity index is 2.29. The third-order valence-electron chi connectivity index (χ3n) is 2.55. The van der Waals surface area contributed by atoms with Gasteiger partial charge in [-0.25, -0.2) is 4.79 Å². The first-order valence-electron chi connectivity index (χ1n) is 5.01. The van der Waals surface area contributed by atoms with Gasteiger partial charge in [0, 0.05) is 16.7 Å². The van der Waals surface area contributed by atoms with Crippen LogP contribution in [0.3, 0.4) is 0 Å². The summed E-state index contributed by atoms with van der Waals surface area (Å²) in [4.78, 5) is 22.8. The Kier molecular flexibility index (Phi) is 2.60. The van der Waals surface area contributed by atoms with Crippen LogP contribution < -0.4 is 4.73 Å². The number of carbonyl (C=O) groups is 2. The zero-order chi connectivity index (χ0) is 11.7. The predicted molar refractivity (Wildman–Crippen MR) is 52.2 cm³/mol. The van der Waals surface area contributed by atoms with Crippen molar-refractivity contribution in [2.75, 3.05) is 7.11 Å². The van der Waals surface area contributed by atoms with Crippen LogP contribution in [0.15, 0.2) is 18.3 Å². The Bertz CT molecular complexity index is 451.